The molecule has 1 aromatic rings. The van der Waals surface area contributed by atoms with Crippen LogP contribution in [0.1, 0.15) is 31.4 Å². The molecule has 0 aromatic carbocycles. The SMILES string of the molecule is C[C@@H]1CN=C(N2CCN(C(=O)Nc3nc(C4CC4)cs3)CC2)S1. The Morgan fingerprint density at radius 2 is 2.09 bits per heavy atom. The van der Waals surface area contributed by atoms with Crippen LogP contribution in [0.2, 0.25) is 0 Å². The van der Waals surface area contributed by atoms with Gasteiger partial charge in [0.15, 0.2) is 10.3 Å². The number of amidine groups is 1. The molecule has 3 heterocycles. The Kier molecular flexibility index (Phi) is 4.19. The molecule has 1 aromatic heterocycles. The van der Waals surface area contributed by atoms with Crippen LogP contribution in [-0.4, -0.2) is 64.0 Å². The van der Waals surface area contributed by atoms with Crippen LogP contribution in [0.3, 0.4) is 0 Å². The first-order valence-electron chi connectivity index (χ1n) is 8.16. The van der Waals surface area contributed by atoms with E-state index in [0.29, 0.717) is 11.2 Å². The summed E-state index contributed by atoms with van der Waals surface area (Å²) in [6.45, 7) is 6.30. The molecule has 1 atom stereocenters. The topological polar surface area (TPSA) is 60.8 Å². The number of thiazole rings is 1. The van der Waals surface area contributed by atoms with Gasteiger partial charge >= 0.3 is 6.03 Å². The molecule has 6 nitrogen and oxygen atoms in total. The Morgan fingerprint density at radius 1 is 1.30 bits per heavy atom. The summed E-state index contributed by atoms with van der Waals surface area (Å²) < 4.78 is 0. The van der Waals surface area contributed by atoms with E-state index in [1.165, 1.54) is 24.2 Å². The summed E-state index contributed by atoms with van der Waals surface area (Å²) in [5.41, 5.74) is 1.14. The molecule has 2 aliphatic heterocycles. The summed E-state index contributed by atoms with van der Waals surface area (Å²) in [7, 11) is 0. The van der Waals surface area contributed by atoms with E-state index in [0.717, 1.165) is 48.7 Å². The van der Waals surface area contributed by atoms with Gasteiger partial charge in [0.2, 0.25) is 0 Å². The van der Waals surface area contributed by atoms with Gasteiger partial charge in [-0.3, -0.25) is 10.3 Å². The molecular formula is C15H21N5OS2. The van der Waals surface area contributed by atoms with Crippen molar-refractivity contribution in [2.75, 3.05) is 38.0 Å². The monoisotopic (exact) mass is 351 g/mol. The summed E-state index contributed by atoms with van der Waals surface area (Å²) in [5, 5.41) is 7.47. The van der Waals surface area contributed by atoms with Crippen molar-refractivity contribution in [2.24, 2.45) is 4.99 Å². The van der Waals surface area contributed by atoms with Gasteiger partial charge in [0, 0.05) is 42.7 Å². The van der Waals surface area contributed by atoms with E-state index >= 15 is 0 Å². The van der Waals surface area contributed by atoms with Crippen molar-refractivity contribution in [1.29, 1.82) is 0 Å². The number of carbonyl (C=O) groups is 1. The number of aromatic nitrogens is 1. The molecule has 23 heavy (non-hydrogen) atoms. The minimum atomic E-state index is -0.0317. The van der Waals surface area contributed by atoms with Crippen molar-refractivity contribution < 1.29 is 4.79 Å². The lowest BCUT2D eigenvalue weighted by Crippen LogP contribution is -2.51. The van der Waals surface area contributed by atoms with Crippen molar-refractivity contribution in [2.45, 2.75) is 30.9 Å². The highest BCUT2D eigenvalue weighted by molar-refractivity contribution is 8.14. The van der Waals surface area contributed by atoms with E-state index in [-0.39, 0.29) is 6.03 Å². The number of anilines is 1. The maximum absolute atomic E-state index is 12.4. The van der Waals surface area contributed by atoms with Gasteiger partial charge in [0.05, 0.1) is 12.2 Å². The smallest absolute Gasteiger partial charge is 0.323 e. The molecule has 124 valence electrons. The molecule has 1 aliphatic carbocycles. The van der Waals surface area contributed by atoms with E-state index in [1.807, 2.05) is 16.7 Å². The van der Waals surface area contributed by atoms with Crippen molar-refractivity contribution >= 4 is 39.4 Å². The van der Waals surface area contributed by atoms with Crippen LogP contribution >= 0.6 is 23.1 Å². The Bertz CT molecular complexity index is 619. The summed E-state index contributed by atoms with van der Waals surface area (Å²) in [4.78, 5) is 25.6. The molecule has 3 aliphatic rings. The summed E-state index contributed by atoms with van der Waals surface area (Å²) in [6, 6.07) is -0.0317. The van der Waals surface area contributed by atoms with E-state index < -0.39 is 0 Å². The van der Waals surface area contributed by atoms with Crippen LogP contribution in [-0.2, 0) is 0 Å². The van der Waals surface area contributed by atoms with Crippen molar-refractivity contribution in [3.63, 3.8) is 0 Å². The van der Waals surface area contributed by atoms with E-state index in [2.05, 4.69) is 32.5 Å². The largest absolute Gasteiger partial charge is 0.348 e. The highest BCUT2D eigenvalue weighted by atomic mass is 32.2. The van der Waals surface area contributed by atoms with Crippen LogP contribution in [0.25, 0.3) is 0 Å². The zero-order chi connectivity index (χ0) is 15.8. The van der Waals surface area contributed by atoms with Gasteiger partial charge in [-0.2, -0.15) is 0 Å². The number of aliphatic imine (C=N–C) groups is 1. The average Bonchev–Trinajstić information content (AvgIpc) is 3.16. The number of amides is 2. The van der Waals surface area contributed by atoms with Gasteiger partial charge in [-0.25, -0.2) is 9.78 Å². The molecule has 8 heteroatoms. The average molecular weight is 352 g/mol. The maximum Gasteiger partial charge on any atom is 0.323 e. The second-order valence-corrected chi connectivity index (χ2v) is 8.57. The Morgan fingerprint density at radius 3 is 2.74 bits per heavy atom. The second kappa shape index (κ2) is 6.32. The lowest BCUT2D eigenvalue weighted by molar-refractivity contribution is 0.182. The lowest BCUT2D eigenvalue weighted by atomic mass is 10.3. The van der Waals surface area contributed by atoms with Gasteiger partial charge in [0.1, 0.15) is 0 Å². The Balaban J connectivity index is 1.28. The Labute approximate surface area is 144 Å². The fraction of sp³-hybridized carbons (Fsp3) is 0.667. The number of thioether (sulfide) groups is 1. The number of piperazine rings is 1. The molecule has 2 amide bonds. The van der Waals surface area contributed by atoms with Gasteiger partial charge in [0.25, 0.3) is 0 Å². The normalized spacial score (nSPS) is 24.7. The predicted molar refractivity (Wildman–Crippen MR) is 95.6 cm³/mol. The standard InChI is InChI=1S/C15H21N5OS2/c1-10-8-16-15(23-10)20-6-4-19(5-7-20)14(21)18-13-17-12(9-22-13)11-2-3-11/h9-11H,2-8H2,1H3,(H,17,18,21)/t10-/m1/s1. The molecule has 1 saturated carbocycles. The zero-order valence-electron chi connectivity index (χ0n) is 13.2. The lowest BCUT2D eigenvalue weighted by Gasteiger charge is -2.35. The third kappa shape index (κ3) is 3.47. The minimum absolute atomic E-state index is 0.0317. The highest BCUT2D eigenvalue weighted by Gasteiger charge is 2.28. The third-order valence-electron chi connectivity index (χ3n) is 4.36. The van der Waals surface area contributed by atoms with Crippen molar-refractivity contribution in [3.8, 4) is 0 Å². The molecule has 0 radical (unpaired) electrons. The molecule has 0 unspecified atom stereocenters. The molecular weight excluding hydrogens is 330 g/mol. The van der Waals surface area contributed by atoms with E-state index in [4.69, 9.17) is 0 Å². The Hall–Kier alpha value is -1.28. The van der Waals surface area contributed by atoms with Crippen LogP contribution in [0.15, 0.2) is 10.4 Å². The first-order chi connectivity index (χ1) is 11.2. The predicted octanol–water partition coefficient (Wildman–Crippen LogP) is 2.66. The minimum Gasteiger partial charge on any atom is -0.348 e. The van der Waals surface area contributed by atoms with E-state index in [1.54, 1.807) is 0 Å². The molecule has 0 bridgehead atoms. The van der Waals surface area contributed by atoms with Crippen LogP contribution in [0.5, 0.6) is 0 Å². The van der Waals surface area contributed by atoms with Crippen molar-refractivity contribution in [1.82, 2.24) is 14.8 Å². The van der Waals surface area contributed by atoms with Gasteiger partial charge in [-0.15, -0.1) is 11.3 Å². The molecule has 0 spiro atoms. The molecule has 1 saturated heterocycles. The molecule has 4 rings (SSSR count). The fourth-order valence-electron chi connectivity index (χ4n) is 2.82. The number of rotatable bonds is 2. The second-order valence-electron chi connectivity index (χ2n) is 6.31. The van der Waals surface area contributed by atoms with Crippen LogP contribution < -0.4 is 5.32 Å². The van der Waals surface area contributed by atoms with Crippen LogP contribution in [0.4, 0.5) is 9.93 Å². The zero-order valence-corrected chi connectivity index (χ0v) is 14.8. The number of urea groups is 1. The number of hydrogen-bond acceptors (Lipinski definition) is 6. The first kappa shape index (κ1) is 15.3. The van der Waals surface area contributed by atoms with Crippen LogP contribution in [0, 0.1) is 0 Å². The third-order valence-corrected chi connectivity index (χ3v) is 6.28. The fourth-order valence-corrected chi connectivity index (χ4v) is 4.59. The van der Waals surface area contributed by atoms with Crippen molar-refractivity contribution in [3.05, 3.63) is 11.1 Å². The quantitative estimate of drug-likeness (QED) is 0.890. The molecule has 1 N–H and O–H groups in total. The number of nitrogens with one attached hydrogen (secondary N) is 1. The van der Waals surface area contributed by atoms with Gasteiger partial charge < -0.3 is 9.80 Å². The maximum atomic E-state index is 12.4. The van der Waals surface area contributed by atoms with Gasteiger partial charge in [-0.05, 0) is 12.8 Å². The summed E-state index contributed by atoms with van der Waals surface area (Å²) in [5.74, 6) is 0.632. The summed E-state index contributed by atoms with van der Waals surface area (Å²) in [6.07, 6.45) is 2.47. The number of nitrogens with zero attached hydrogens (tertiary/aromatic N) is 4. The number of hydrogen-bond donors (Lipinski definition) is 1. The van der Waals surface area contributed by atoms with E-state index in [9.17, 15) is 4.79 Å². The molecule has 2 fully saturated rings. The first-order valence-corrected chi connectivity index (χ1v) is 9.92. The highest BCUT2D eigenvalue weighted by Crippen LogP contribution is 2.40. The van der Waals surface area contributed by atoms with Gasteiger partial charge in [-0.1, -0.05) is 18.7 Å². The number of carbonyl (C=O) groups excluding carboxylic acids is 1. The summed E-state index contributed by atoms with van der Waals surface area (Å²) >= 11 is 3.37.